The van der Waals surface area contributed by atoms with Gasteiger partial charge in [0, 0.05) is 18.9 Å². The molecule has 2 atom stereocenters. The third kappa shape index (κ3) is 5.27. The number of aliphatic carboxylic acids is 1. The van der Waals surface area contributed by atoms with Crippen LogP contribution in [0, 0.1) is 11.8 Å². The maximum atomic E-state index is 11.7. The van der Waals surface area contributed by atoms with Crippen LogP contribution in [0.2, 0.25) is 0 Å². The first-order chi connectivity index (χ1) is 8.31. The lowest BCUT2D eigenvalue weighted by Crippen LogP contribution is -2.50. The van der Waals surface area contributed by atoms with Crippen LogP contribution in [-0.4, -0.2) is 35.4 Å². The molecule has 0 bridgehead atoms. The van der Waals surface area contributed by atoms with E-state index in [0.29, 0.717) is 6.42 Å². The second kappa shape index (κ2) is 7.81. The number of carbonyl (C=O) groups is 3. The van der Waals surface area contributed by atoms with Crippen molar-refractivity contribution in [3.63, 3.8) is 0 Å². The van der Waals surface area contributed by atoms with E-state index in [-0.39, 0.29) is 24.7 Å². The number of carboxylic acid groups (broad SMARTS) is 1. The maximum Gasteiger partial charge on any atom is 0.305 e. The number of hydrogen-bond acceptors (Lipinski definition) is 4. The Morgan fingerprint density at radius 2 is 1.83 bits per heavy atom. The zero-order valence-corrected chi connectivity index (χ0v) is 11.1. The minimum Gasteiger partial charge on any atom is -0.481 e. The fraction of sp³-hybridized carbons (Fsp3) is 0.750. The molecule has 4 N–H and O–H groups in total. The van der Waals surface area contributed by atoms with Crippen molar-refractivity contribution in [3.8, 4) is 0 Å². The summed E-state index contributed by atoms with van der Waals surface area (Å²) in [5.41, 5.74) is 5.78. The molecule has 0 radical (unpaired) electrons. The van der Waals surface area contributed by atoms with Gasteiger partial charge in [0.1, 0.15) is 5.78 Å². The van der Waals surface area contributed by atoms with Crippen LogP contribution < -0.4 is 11.1 Å². The van der Waals surface area contributed by atoms with Crippen LogP contribution in [0.1, 0.15) is 33.6 Å². The average Bonchev–Trinajstić information content (AvgIpc) is 2.27. The van der Waals surface area contributed by atoms with E-state index >= 15 is 0 Å². The van der Waals surface area contributed by atoms with Crippen molar-refractivity contribution in [1.29, 1.82) is 0 Å². The summed E-state index contributed by atoms with van der Waals surface area (Å²) in [6, 6.07) is -0.925. The van der Waals surface area contributed by atoms with Gasteiger partial charge in [0.05, 0.1) is 12.5 Å². The number of nitrogens with two attached hydrogens (primary N) is 1. The Kier molecular flexibility index (Phi) is 7.19. The molecule has 0 aromatic carbocycles. The van der Waals surface area contributed by atoms with Gasteiger partial charge in [0.15, 0.2) is 0 Å². The smallest absolute Gasteiger partial charge is 0.305 e. The van der Waals surface area contributed by atoms with Crippen LogP contribution in [0.3, 0.4) is 0 Å². The number of nitrogens with one attached hydrogen (secondary N) is 1. The molecule has 0 spiro atoms. The van der Waals surface area contributed by atoms with E-state index in [2.05, 4.69) is 5.32 Å². The van der Waals surface area contributed by atoms with E-state index in [1.54, 1.807) is 6.92 Å². The Bertz CT molecular complexity index is 315. The third-order valence-electron chi connectivity index (χ3n) is 2.77. The van der Waals surface area contributed by atoms with E-state index in [4.69, 9.17) is 10.8 Å². The second-order valence-corrected chi connectivity index (χ2v) is 4.55. The van der Waals surface area contributed by atoms with Gasteiger partial charge in [-0.05, 0) is 5.92 Å². The zero-order valence-electron chi connectivity index (χ0n) is 11.1. The van der Waals surface area contributed by atoms with Crippen LogP contribution in [0.15, 0.2) is 0 Å². The summed E-state index contributed by atoms with van der Waals surface area (Å²) in [6.07, 6.45) is 0.172. The highest BCUT2D eigenvalue weighted by molar-refractivity contribution is 5.91. The number of ketones is 1. The molecule has 0 saturated carbocycles. The van der Waals surface area contributed by atoms with E-state index in [1.807, 2.05) is 13.8 Å². The molecule has 6 heteroatoms. The minimum atomic E-state index is -0.992. The summed E-state index contributed by atoms with van der Waals surface area (Å²) in [4.78, 5) is 33.7. The van der Waals surface area contributed by atoms with E-state index in [0.717, 1.165) is 0 Å². The van der Waals surface area contributed by atoms with Crippen LogP contribution in [0.25, 0.3) is 0 Å². The number of Topliss-reactive ketones (excluding diaryl/α,β-unsaturated/α-hetero) is 1. The molecule has 0 aliphatic rings. The molecule has 104 valence electrons. The van der Waals surface area contributed by atoms with Gasteiger partial charge in [-0.3, -0.25) is 14.4 Å². The SMILES string of the molecule is CCC(=O)C(C(C)C)[C@H](N)C(=O)NCCC(=O)O. The molecule has 0 aliphatic carbocycles. The van der Waals surface area contributed by atoms with Crippen molar-refractivity contribution in [2.45, 2.75) is 39.7 Å². The van der Waals surface area contributed by atoms with Crippen LogP contribution in [0.5, 0.6) is 0 Å². The minimum absolute atomic E-state index is 0.0208. The quantitative estimate of drug-likeness (QED) is 0.574. The molecule has 6 nitrogen and oxygen atoms in total. The topological polar surface area (TPSA) is 109 Å². The van der Waals surface area contributed by atoms with Crippen LogP contribution in [-0.2, 0) is 14.4 Å². The summed E-state index contributed by atoms with van der Waals surface area (Å²) in [5.74, 6) is -2.07. The van der Waals surface area contributed by atoms with Crippen molar-refractivity contribution in [2.24, 2.45) is 17.6 Å². The molecule has 1 amide bonds. The van der Waals surface area contributed by atoms with Gasteiger partial charge < -0.3 is 16.2 Å². The van der Waals surface area contributed by atoms with Crippen molar-refractivity contribution < 1.29 is 19.5 Å². The summed E-state index contributed by atoms with van der Waals surface area (Å²) in [7, 11) is 0. The van der Waals surface area contributed by atoms with Gasteiger partial charge in [-0.25, -0.2) is 0 Å². The predicted octanol–water partition coefficient (Wildman–Crippen LogP) is 0.156. The van der Waals surface area contributed by atoms with Crippen LogP contribution >= 0.6 is 0 Å². The summed E-state index contributed by atoms with van der Waals surface area (Å²) in [6.45, 7) is 5.42. The van der Waals surface area contributed by atoms with Crippen molar-refractivity contribution in [2.75, 3.05) is 6.54 Å². The van der Waals surface area contributed by atoms with Crippen molar-refractivity contribution >= 4 is 17.7 Å². The molecule has 1 unspecified atom stereocenters. The first-order valence-electron chi connectivity index (χ1n) is 6.09. The number of rotatable bonds is 8. The highest BCUT2D eigenvalue weighted by atomic mass is 16.4. The maximum absolute atomic E-state index is 11.7. The van der Waals surface area contributed by atoms with Crippen LogP contribution in [0.4, 0.5) is 0 Å². The fourth-order valence-electron chi connectivity index (χ4n) is 1.80. The Hall–Kier alpha value is -1.43. The zero-order chi connectivity index (χ0) is 14.3. The molecule has 0 rings (SSSR count). The molecule has 0 aromatic heterocycles. The van der Waals surface area contributed by atoms with Gasteiger partial charge in [0.25, 0.3) is 0 Å². The van der Waals surface area contributed by atoms with Gasteiger partial charge in [-0.15, -0.1) is 0 Å². The first-order valence-corrected chi connectivity index (χ1v) is 6.09. The predicted molar refractivity (Wildman–Crippen MR) is 66.9 cm³/mol. The fourth-order valence-corrected chi connectivity index (χ4v) is 1.80. The molecule has 0 fully saturated rings. The van der Waals surface area contributed by atoms with Crippen molar-refractivity contribution in [1.82, 2.24) is 5.32 Å². The largest absolute Gasteiger partial charge is 0.481 e. The van der Waals surface area contributed by atoms with Crippen molar-refractivity contribution in [3.05, 3.63) is 0 Å². The summed E-state index contributed by atoms with van der Waals surface area (Å²) < 4.78 is 0. The molecule has 0 heterocycles. The molecular weight excluding hydrogens is 236 g/mol. The van der Waals surface area contributed by atoms with E-state index in [9.17, 15) is 14.4 Å². The standard InChI is InChI=1S/C12H22N2O4/c1-4-8(15)10(7(2)3)11(13)12(18)14-6-5-9(16)17/h7,10-11H,4-6,13H2,1-3H3,(H,14,18)(H,16,17)/t10?,11-/m0/s1. The average molecular weight is 258 g/mol. The molecule has 18 heavy (non-hydrogen) atoms. The summed E-state index contributed by atoms with van der Waals surface area (Å²) in [5, 5.41) is 10.9. The summed E-state index contributed by atoms with van der Waals surface area (Å²) >= 11 is 0. The lowest BCUT2D eigenvalue weighted by Gasteiger charge is -2.24. The molecular formula is C12H22N2O4. The number of amides is 1. The van der Waals surface area contributed by atoms with Gasteiger partial charge >= 0.3 is 5.97 Å². The van der Waals surface area contributed by atoms with E-state index < -0.39 is 23.8 Å². The number of hydrogen-bond donors (Lipinski definition) is 3. The van der Waals surface area contributed by atoms with E-state index in [1.165, 1.54) is 0 Å². The monoisotopic (exact) mass is 258 g/mol. The van der Waals surface area contributed by atoms with Gasteiger partial charge in [-0.1, -0.05) is 20.8 Å². The highest BCUT2D eigenvalue weighted by Gasteiger charge is 2.31. The molecule has 0 saturated heterocycles. The van der Waals surface area contributed by atoms with Gasteiger partial charge in [-0.2, -0.15) is 0 Å². The molecule has 0 aliphatic heterocycles. The lowest BCUT2D eigenvalue weighted by atomic mass is 9.84. The highest BCUT2D eigenvalue weighted by Crippen LogP contribution is 2.17. The number of carboxylic acids is 1. The Morgan fingerprint density at radius 3 is 2.22 bits per heavy atom. The molecule has 0 aromatic rings. The Labute approximate surface area is 107 Å². The Balaban J connectivity index is 4.48. The normalized spacial score (nSPS) is 14.1. The Morgan fingerprint density at radius 1 is 1.28 bits per heavy atom. The lowest BCUT2D eigenvalue weighted by molar-refractivity contribution is -0.137. The third-order valence-corrected chi connectivity index (χ3v) is 2.77. The number of carbonyl (C=O) groups excluding carboxylic acids is 2. The van der Waals surface area contributed by atoms with Gasteiger partial charge in [0.2, 0.25) is 5.91 Å². The second-order valence-electron chi connectivity index (χ2n) is 4.55. The first kappa shape index (κ1) is 16.6.